The predicted octanol–water partition coefficient (Wildman–Crippen LogP) is 2.55. The van der Waals surface area contributed by atoms with Gasteiger partial charge in [-0.2, -0.15) is 0 Å². The first-order valence-electron chi connectivity index (χ1n) is 5.39. The molecule has 0 radical (unpaired) electrons. The van der Waals surface area contributed by atoms with Crippen molar-refractivity contribution in [3.8, 4) is 24.7 Å². The lowest BCUT2D eigenvalue weighted by Crippen LogP contribution is -2.42. The summed E-state index contributed by atoms with van der Waals surface area (Å²) >= 11 is 0. The largest absolute Gasteiger partial charge is 0.393 e. The van der Waals surface area contributed by atoms with Crippen molar-refractivity contribution in [2.45, 2.75) is 38.8 Å². The molecule has 0 aliphatic heterocycles. The van der Waals surface area contributed by atoms with Gasteiger partial charge in [-0.1, -0.05) is 13.8 Å². The van der Waals surface area contributed by atoms with Crippen molar-refractivity contribution < 1.29 is 8.85 Å². The van der Waals surface area contributed by atoms with Gasteiger partial charge in [0.25, 0.3) is 0 Å². The highest BCUT2D eigenvalue weighted by Gasteiger charge is 2.35. The third kappa shape index (κ3) is 5.64. The fourth-order valence-corrected chi connectivity index (χ4v) is 3.59. The lowest BCUT2D eigenvalue weighted by Gasteiger charge is -2.27. The molecule has 0 saturated heterocycles. The van der Waals surface area contributed by atoms with E-state index < -0.39 is 8.56 Å². The second-order valence-corrected chi connectivity index (χ2v) is 6.48. The molecule has 0 atom stereocenters. The van der Waals surface area contributed by atoms with E-state index in [-0.39, 0.29) is 0 Å². The second-order valence-electron chi connectivity index (χ2n) is 3.37. The Balaban J connectivity index is 4.43. The van der Waals surface area contributed by atoms with Crippen LogP contribution in [0.25, 0.3) is 0 Å². The van der Waals surface area contributed by atoms with Crippen LogP contribution in [-0.4, -0.2) is 21.8 Å². The number of hydrogen-bond donors (Lipinski definition) is 0. The molecule has 0 spiro atoms. The Kier molecular flexibility index (Phi) is 8.13. The molecule has 0 aromatic heterocycles. The van der Waals surface area contributed by atoms with Crippen molar-refractivity contribution >= 4 is 8.56 Å². The summed E-state index contributed by atoms with van der Waals surface area (Å²) in [6, 6.07) is 1.08. The van der Waals surface area contributed by atoms with Crippen LogP contribution in [-0.2, 0) is 8.85 Å². The first-order valence-corrected chi connectivity index (χ1v) is 7.62. The zero-order valence-electron chi connectivity index (χ0n) is 9.71. The number of hydrogen-bond acceptors (Lipinski definition) is 2. The third-order valence-corrected chi connectivity index (χ3v) is 4.83. The quantitative estimate of drug-likeness (QED) is 0.466. The number of rotatable bonds is 8. The summed E-state index contributed by atoms with van der Waals surface area (Å²) < 4.78 is 11.6. The molecule has 2 nitrogen and oxygen atoms in total. The smallest absolute Gasteiger partial charge is 0.362 e. The van der Waals surface area contributed by atoms with Gasteiger partial charge < -0.3 is 8.85 Å². The summed E-state index contributed by atoms with van der Waals surface area (Å²) in [6.45, 7) is 5.48. The molecule has 84 valence electrons. The van der Waals surface area contributed by atoms with Crippen LogP contribution in [0.1, 0.15) is 26.7 Å². The van der Waals surface area contributed by atoms with Crippen LogP contribution in [0.4, 0.5) is 0 Å². The Hall–Kier alpha value is -0.743. The molecule has 0 aromatic rings. The molecular weight excluding hydrogens is 204 g/mol. The topological polar surface area (TPSA) is 18.5 Å². The van der Waals surface area contributed by atoms with Crippen molar-refractivity contribution in [3.63, 3.8) is 0 Å². The van der Waals surface area contributed by atoms with Gasteiger partial charge in [-0.05, 0) is 12.8 Å². The van der Waals surface area contributed by atoms with Gasteiger partial charge in [0.2, 0.25) is 0 Å². The Morgan fingerprint density at radius 1 is 0.933 bits per heavy atom. The maximum atomic E-state index is 5.79. The monoisotopic (exact) mass is 224 g/mol. The fourth-order valence-electron chi connectivity index (χ4n) is 1.20. The summed E-state index contributed by atoms with van der Waals surface area (Å²) in [5.41, 5.74) is 0. The molecule has 0 aromatic carbocycles. The van der Waals surface area contributed by atoms with Crippen molar-refractivity contribution in [3.05, 3.63) is 0 Å². The molecule has 0 aliphatic rings. The fraction of sp³-hybridized carbons (Fsp3) is 0.667. The lowest BCUT2D eigenvalue weighted by molar-refractivity contribution is 0.173. The van der Waals surface area contributed by atoms with E-state index in [9.17, 15) is 0 Å². The molecule has 0 amide bonds. The van der Waals surface area contributed by atoms with Crippen LogP contribution in [0.3, 0.4) is 0 Å². The highest BCUT2D eigenvalue weighted by atomic mass is 28.4. The van der Waals surface area contributed by atoms with Gasteiger partial charge >= 0.3 is 8.56 Å². The third-order valence-electron chi connectivity index (χ3n) is 1.88. The first kappa shape index (κ1) is 14.3. The van der Waals surface area contributed by atoms with E-state index in [1.807, 2.05) is 0 Å². The van der Waals surface area contributed by atoms with Crippen LogP contribution in [0.5, 0.6) is 0 Å². The van der Waals surface area contributed by atoms with Gasteiger partial charge in [0.1, 0.15) is 0 Å². The zero-order valence-corrected chi connectivity index (χ0v) is 10.7. The van der Waals surface area contributed by atoms with Crippen LogP contribution in [0.15, 0.2) is 0 Å². The number of terminal acetylenes is 2. The normalized spacial score (nSPS) is 10.7. The molecule has 0 fully saturated rings. The maximum absolute atomic E-state index is 5.79. The van der Waals surface area contributed by atoms with Crippen LogP contribution < -0.4 is 0 Å². The summed E-state index contributed by atoms with van der Waals surface area (Å²) in [4.78, 5) is 0. The minimum Gasteiger partial charge on any atom is -0.393 e. The standard InChI is InChI=1S/C12H20O2Si/c1-5-9-13-15(11-7-3,12-8-4)14-10-6-2/h3-4H,5-6,9-12H2,1-2H3. The molecule has 0 heterocycles. The van der Waals surface area contributed by atoms with Gasteiger partial charge in [-0.3, -0.25) is 0 Å². The molecule has 15 heavy (non-hydrogen) atoms. The Morgan fingerprint density at radius 2 is 1.33 bits per heavy atom. The van der Waals surface area contributed by atoms with E-state index in [1.165, 1.54) is 0 Å². The van der Waals surface area contributed by atoms with Crippen molar-refractivity contribution in [2.75, 3.05) is 13.2 Å². The first-order chi connectivity index (χ1) is 7.24. The van der Waals surface area contributed by atoms with E-state index in [1.54, 1.807) is 0 Å². The summed E-state index contributed by atoms with van der Waals surface area (Å²) in [7, 11) is -2.31. The minimum atomic E-state index is -2.31. The molecule has 0 aliphatic carbocycles. The van der Waals surface area contributed by atoms with E-state index in [0.29, 0.717) is 25.3 Å². The van der Waals surface area contributed by atoms with E-state index in [2.05, 4.69) is 25.7 Å². The average molecular weight is 224 g/mol. The molecule has 3 heteroatoms. The summed E-state index contributed by atoms with van der Waals surface area (Å²) in [5, 5.41) is 0. The molecule has 0 unspecified atom stereocenters. The highest BCUT2D eigenvalue weighted by Crippen LogP contribution is 2.19. The SMILES string of the molecule is C#CC[Si](CC#C)(OCCC)OCCC. The summed E-state index contributed by atoms with van der Waals surface area (Å²) in [5.74, 6) is 5.25. The minimum absolute atomic E-state index is 0.539. The maximum Gasteiger partial charge on any atom is 0.362 e. The van der Waals surface area contributed by atoms with Crippen molar-refractivity contribution in [2.24, 2.45) is 0 Å². The Bertz CT molecular complexity index is 211. The predicted molar refractivity (Wildman–Crippen MR) is 65.5 cm³/mol. The van der Waals surface area contributed by atoms with Gasteiger partial charge in [-0.25, -0.2) is 0 Å². The van der Waals surface area contributed by atoms with Crippen LogP contribution in [0.2, 0.25) is 12.1 Å². The van der Waals surface area contributed by atoms with Gasteiger partial charge in [0.15, 0.2) is 0 Å². The van der Waals surface area contributed by atoms with E-state index in [4.69, 9.17) is 21.7 Å². The van der Waals surface area contributed by atoms with Crippen LogP contribution in [0, 0.1) is 24.7 Å². The second kappa shape index (κ2) is 8.56. The molecule has 0 N–H and O–H groups in total. The lowest BCUT2D eigenvalue weighted by atomic mass is 10.5. The molecule has 0 saturated carbocycles. The van der Waals surface area contributed by atoms with Gasteiger partial charge in [-0.15, -0.1) is 24.7 Å². The van der Waals surface area contributed by atoms with E-state index in [0.717, 1.165) is 12.8 Å². The van der Waals surface area contributed by atoms with Crippen molar-refractivity contribution in [1.29, 1.82) is 0 Å². The Morgan fingerprint density at radius 3 is 1.60 bits per heavy atom. The van der Waals surface area contributed by atoms with E-state index >= 15 is 0 Å². The average Bonchev–Trinajstić information content (AvgIpc) is 2.24. The Labute approximate surface area is 94.6 Å². The van der Waals surface area contributed by atoms with Gasteiger partial charge in [0.05, 0.1) is 12.1 Å². The highest BCUT2D eigenvalue weighted by molar-refractivity contribution is 6.68. The molecule has 0 rings (SSSR count). The van der Waals surface area contributed by atoms with Crippen LogP contribution >= 0.6 is 0 Å². The molecular formula is C12H20O2Si. The zero-order chi connectivity index (χ0) is 11.6. The molecule has 0 bridgehead atoms. The van der Waals surface area contributed by atoms with Crippen molar-refractivity contribution in [1.82, 2.24) is 0 Å². The van der Waals surface area contributed by atoms with Gasteiger partial charge in [0, 0.05) is 13.2 Å². The summed E-state index contributed by atoms with van der Waals surface area (Å²) in [6.07, 6.45) is 12.6.